The van der Waals surface area contributed by atoms with Crippen LogP contribution in [0, 0.1) is 0 Å². The van der Waals surface area contributed by atoms with Crippen LogP contribution in [0.4, 0.5) is 0 Å². The number of hydrogen-bond donors (Lipinski definition) is 1. The molecule has 0 spiro atoms. The maximum Gasteiger partial charge on any atom is 0.303 e. The third kappa shape index (κ3) is 2.59. The van der Waals surface area contributed by atoms with Gasteiger partial charge in [-0.1, -0.05) is 0 Å². The van der Waals surface area contributed by atoms with E-state index in [4.69, 9.17) is 5.11 Å². The van der Waals surface area contributed by atoms with Crippen molar-refractivity contribution in [2.24, 2.45) is 7.05 Å². The second kappa shape index (κ2) is 5.30. The largest absolute Gasteiger partial charge is 0.481 e. The number of hydrogen-bond acceptors (Lipinski definition) is 3. The fourth-order valence-corrected chi connectivity index (χ4v) is 2.48. The molecule has 5 nitrogen and oxygen atoms in total. The van der Waals surface area contributed by atoms with Crippen molar-refractivity contribution in [2.75, 3.05) is 0 Å². The highest BCUT2D eigenvalue weighted by atomic mass is 79.9. The van der Waals surface area contributed by atoms with E-state index < -0.39 is 5.97 Å². The molecule has 0 aromatic carbocycles. The Kier molecular flexibility index (Phi) is 3.76. The maximum atomic E-state index is 10.6. The molecule has 18 heavy (non-hydrogen) atoms. The summed E-state index contributed by atoms with van der Waals surface area (Å²) in [5.41, 5.74) is 2.56. The lowest BCUT2D eigenvalue weighted by molar-refractivity contribution is -0.136. The van der Waals surface area contributed by atoms with Gasteiger partial charge in [0.05, 0.1) is 16.6 Å². The number of carboxylic acids is 1. The average molecular weight is 310 g/mol. The number of pyridine rings is 1. The predicted molar refractivity (Wildman–Crippen MR) is 70.1 cm³/mol. The van der Waals surface area contributed by atoms with Crippen molar-refractivity contribution in [2.45, 2.75) is 12.8 Å². The van der Waals surface area contributed by atoms with E-state index in [9.17, 15) is 4.79 Å². The second-order valence-electron chi connectivity index (χ2n) is 3.87. The van der Waals surface area contributed by atoms with Crippen molar-refractivity contribution in [3.63, 3.8) is 0 Å². The summed E-state index contributed by atoms with van der Waals surface area (Å²) >= 11 is 3.48. The minimum Gasteiger partial charge on any atom is -0.481 e. The summed E-state index contributed by atoms with van der Waals surface area (Å²) in [5.74, 6) is -0.814. The Morgan fingerprint density at radius 1 is 1.56 bits per heavy atom. The van der Waals surface area contributed by atoms with Gasteiger partial charge in [0.25, 0.3) is 0 Å². The lowest BCUT2D eigenvalue weighted by atomic mass is 10.1. The first-order valence-corrected chi connectivity index (χ1v) is 6.22. The molecule has 0 aliphatic carbocycles. The Bertz CT molecular complexity index is 566. The molecule has 0 aliphatic heterocycles. The molecule has 94 valence electrons. The SMILES string of the molecule is Cn1nc(-c2cccnc2)c(Br)c1CCC(=O)O. The molecule has 0 bridgehead atoms. The number of carboxylic acid groups (broad SMARTS) is 1. The minimum absolute atomic E-state index is 0.0879. The van der Waals surface area contributed by atoms with E-state index in [1.165, 1.54) is 0 Å². The molecule has 0 radical (unpaired) electrons. The monoisotopic (exact) mass is 309 g/mol. The number of nitrogens with zero attached hydrogens (tertiary/aromatic N) is 3. The Labute approximate surface area is 113 Å². The molecule has 0 amide bonds. The molecular weight excluding hydrogens is 298 g/mol. The van der Waals surface area contributed by atoms with E-state index in [2.05, 4.69) is 26.0 Å². The molecule has 2 aromatic rings. The quantitative estimate of drug-likeness (QED) is 0.940. The number of halogens is 1. The summed E-state index contributed by atoms with van der Waals surface area (Å²) in [5, 5.41) is 13.1. The van der Waals surface area contributed by atoms with Crippen LogP contribution >= 0.6 is 15.9 Å². The van der Waals surface area contributed by atoms with Gasteiger partial charge in [-0.05, 0) is 28.1 Å². The van der Waals surface area contributed by atoms with Gasteiger partial charge in [-0.2, -0.15) is 5.10 Å². The van der Waals surface area contributed by atoms with E-state index in [1.807, 2.05) is 19.2 Å². The Morgan fingerprint density at radius 2 is 2.33 bits per heavy atom. The van der Waals surface area contributed by atoms with Crippen LogP contribution in [0.25, 0.3) is 11.3 Å². The van der Waals surface area contributed by atoms with Gasteiger partial charge in [-0.25, -0.2) is 0 Å². The van der Waals surface area contributed by atoms with Gasteiger partial charge >= 0.3 is 5.97 Å². The maximum absolute atomic E-state index is 10.6. The summed E-state index contributed by atoms with van der Waals surface area (Å²) in [7, 11) is 1.81. The minimum atomic E-state index is -0.814. The summed E-state index contributed by atoms with van der Waals surface area (Å²) in [6.45, 7) is 0. The van der Waals surface area contributed by atoms with E-state index in [0.717, 1.165) is 21.4 Å². The number of aryl methyl sites for hydroxylation is 1. The van der Waals surface area contributed by atoms with Crippen LogP contribution in [0.3, 0.4) is 0 Å². The van der Waals surface area contributed by atoms with E-state index in [1.54, 1.807) is 17.1 Å². The zero-order chi connectivity index (χ0) is 13.1. The number of aliphatic carboxylic acids is 1. The Morgan fingerprint density at radius 3 is 2.94 bits per heavy atom. The van der Waals surface area contributed by atoms with Crippen molar-refractivity contribution >= 4 is 21.9 Å². The highest BCUT2D eigenvalue weighted by Crippen LogP contribution is 2.30. The fraction of sp³-hybridized carbons (Fsp3) is 0.250. The summed E-state index contributed by atoms with van der Waals surface area (Å²) in [6, 6.07) is 3.76. The lowest BCUT2D eigenvalue weighted by Crippen LogP contribution is -2.03. The number of rotatable bonds is 4. The van der Waals surface area contributed by atoms with E-state index >= 15 is 0 Å². The molecule has 6 heteroatoms. The normalized spacial score (nSPS) is 10.6. The molecule has 0 saturated heterocycles. The topological polar surface area (TPSA) is 68.0 Å². The van der Waals surface area contributed by atoms with Crippen LogP contribution in [0.2, 0.25) is 0 Å². The molecule has 0 atom stereocenters. The molecule has 2 rings (SSSR count). The van der Waals surface area contributed by atoms with Crippen LogP contribution in [-0.4, -0.2) is 25.8 Å². The summed E-state index contributed by atoms with van der Waals surface area (Å²) in [4.78, 5) is 14.7. The van der Waals surface area contributed by atoms with Crippen LogP contribution < -0.4 is 0 Å². The zero-order valence-electron chi connectivity index (χ0n) is 9.80. The van der Waals surface area contributed by atoms with Crippen molar-refractivity contribution in [1.29, 1.82) is 0 Å². The van der Waals surface area contributed by atoms with Crippen molar-refractivity contribution < 1.29 is 9.90 Å². The molecule has 0 saturated carbocycles. The fourth-order valence-electron chi connectivity index (χ4n) is 1.72. The van der Waals surface area contributed by atoms with Crippen LogP contribution in [-0.2, 0) is 18.3 Å². The van der Waals surface area contributed by atoms with Gasteiger partial charge in [0, 0.05) is 31.4 Å². The van der Waals surface area contributed by atoms with Gasteiger partial charge in [-0.15, -0.1) is 0 Å². The molecule has 0 fully saturated rings. The second-order valence-corrected chi connectivity index (χ2v) is 4.66. The highest BCUT2D eigenvalue weighted by molar-refractivity contribution is 9.10. The van der Waals surface area contributed by atoms with E-state index in [-0.39, 0.29) is 6.42 Å². The molecule has 0 aliphatic rings. The summed E-state index contributed by atoms with van der Waals surface area (Å²) < 4.78 is 2.54. The number of aromatic nitrogens is 3. The van der Waals surface area contributed by atoms with Gasteiger partial charge in [0.2, 0.25) is 0 Å². The Balaban J connectivity index is 2.35. The molecule has 0 unspecified atom stereocenters. The highest BCUT2D eigenvalue weighted by Gasteiger charge is 2.16. The van der Waals surface area contributed by atoms with Crippen molar-refractivity contribution in [1.82, 2.24) is 14.8 Å². The first-order valence-electron chi connectivity index (χ1n) is 5.43. The zero-order valence-corrected chi connectivity index (χ0v) is 11.4. The molecule has 1 N–H and O–H groups in total. The van der Waals surface area contributed by atoms with Gasteiger partial charge in [0.15, 0.2) is 0 Å². The van der Waals surface area contributed by atoms with Crippen LogP contribution in [0.1, 0.15) is 12.1 Å². The van der Waals surface area contributed by atoms with Gasteiger partial charge in [0.1, 0.15) is 5.69 Å². The van der Waals surface area contributed by atoms with Gasteiger partial charge < -0.3 is 5.11 Å². The first kappa shape index (κ1) is 12.8. The van der Waals surface area contributed by atoms with Crippen molar-refractivity contribution in [3.05, 3.63) is 34.7 Å². The predicted octanol–water partition coefficient (Wildman–Crippen LogP) is 2.26. The molecule has 2 aromatic heterocycles. The number of carbonyl (C=O) groups is 1. The molecule has 2 heterocycles. The standard InChI is InChI=1S/C12H12BrN3O2/c1-16-9(4-5-10(17)18)11(13)12(15-16)8-3-2-6-14-7-8/h2-3,6-7H,4-5H2,1H3,(H,17,18). The molecular formula is C12H12BrN3O2. The Hall–Kier alpha value is -1.69. The van der Waals surface area contributed by atoms with Crippen molar-refractivity contribution in [3.8, 4) is 11.3 Å². The average Bonchev–Trinajstić information content (AvgIpc) is 2.63. The van der Waals surface area contributed by atoms with Crippen LogP contribution in [0.15, 0.2) is 29.0 Å². The van der Waals surface area contributed by atoms with E-state index in [0.29, 0.717) is 6.42 Å². The summed E-state index contributed by atoms with van der Waals surface area (Å²) in [6.07, 6.45) is 3.96. The lowest BCUT2D eigenvalue weighted by Gasteiger charge is -1.99. The van der Waals surface area contributed by atoms with Gasteiger partial charge in [-0.3, -0.25) is 14.5 Å². The van der Waals surface area contributed by atoms with Crippen LogP contribution in [0.5, 0.6) is 0 Å². The smallest absolute Gasteiger partial charge is 0.303 e. The third-order valence-electron chi connectivity index (χ3n) is 2.61. The third-order valence-corrected chi connectivity index (χ3v) is 3.45. The first-order chi connectivity index (χ1) is 8.59.